The molecule has 2 aromatic heterocycles. The molecule has 1 fully saturated rings. The van der Waals surface area contributed by atoms with Crippen LogP contribution in [0.2, 0.25) is 0 Å². The second kappa shape index (κ2) is 13.0. The summed E-state index contributed by atoms with van der Waals surface area (Å²) in [6, 6.07) is 16.9. The molecule has 1 aliphatic rings. The van der Waals surface area contributed by atoms with E-state index in [4.69, 9.17) is 0 Å². The van der Waals surface area contributed by atoms with Gasteiger partial charge in [0.25, 0.3) is 0 Å². The maximum absolute atomic E-state index is 4.61. The molecule has 35 heavy (non-hydrogen) atoms. The van der Waals surface area contributed by atoms with Gasteiger partial charge in [-0.1, -0.05) is 61.4 Å². The van der Waals surface area contributed by atoms with E-state index in [2.05, 4.69) is 99.6 Å². The number of piperazine rings is 1. The summed E-state index contributed by atoms with van der Waals surface area (Å²) in [5.41, 5.74) is 5.68. The second-order valence-corrected chi connectivity index (χ2v) is 8.65. The van der Waals surface area contributed by atoms with Crippen LogP contribution < -0.4 is 10.2 Å². The smallest absolute Gasteiger partial charge is 0.186 e. The van der Waals surface area contributed by atoms with Crippen molar-refractivity contribution in [3.8, 4) is 5.69 Å². The second-order valence-electron chi connectivity index (χ2n) is 8.65. The quantitative estimate of drug-likeness (QED) is 0.467. The molecule has 0 bridgehead atoms. The first kappa shape index (κ1) is 26.3. The van der Waals surface area contributed by atoms with Gasteiger partial charge < -0.3 is 15.1 Å². The standard InChI is InChI=1S/C17H20N6.C9H13N.C2H6/c1-13-3-5-14(6-4-13)23-11-15-16(20-23)18-12-19-17(15)22-9-7-21(2)8-10-22;1-8-3-5-9(6-4-8)7-10-2;1-2/h3-6,11-12H,7-10H2,1-2H3;3-6,10H,7H2,1-2H3;1-2H3. The lowest BCUT2D eigenvalue weighted by Crippen LogP contribution is -2.44. The third-order valence-electron chi connectivity index (χ3n) is 5.90. The largest absolute Gasteiger partial charge is 0.353 e. The molecule has 2 aromatic carbocycles. The van der Waals surface area contributed by atoms with Gasteiger partial charge in [-0.25, -0.2) is 14.6 Å². The summed E-state index contributed by atoms with van der Waals surface area (Å²) in [5.74, 6) is 0.987. The van der Waals surface area contributed by atoms with Gasteiger partial charge in [-0.2, -0.15) is 0 Å². The van der Waals surface area contributed by atoms with Gasteiger partial charge in [0.1, 0.15) is 12.1 Å². The molecular weight excluding hydrogens is 434 g/mol. The van der Waals surface area contributed by atoms with Gasteiger partial charge in [0.2, 0.25) is 0 Å². The number of aryl methyl sites for hydroxylation is 2. The van der Waals surface area contributed by atoms with E-state index in [0.717, 1.165) is 55.3 Å². The van der Waals surface area contributed by atoms with Gasteiger partial charge in [0, 0.05) is 38.9 Å². The Bertz CT molecular complexity index is 1160. The van der Waals surface area contributed by atoms with E-state index in [1.807, 2.05) is 31.8 Å². The molecule has 0 aliphatic carbocycles. The Morgan fingerprint density at radius 3 is 2.03 bits per heavy atom. The summed E-state index contributed by atoms with van der Waals surface area (Å²) in [6.07, 6.45) is 3.65. The van der Waals surface area contributed by atoms with E-state index >= 15 is 0 Å². The lowest BCUT2D eigenvalue weighted by Gasteiger charge is -2.33. The van der Waals surface area contributed by atoms with Crippen LogP contribution in [0.25, 0.3) is 16.7 Å². The van der Waals surface area contributed by atoms with Crippen LogP contribution in [0, 0.1) is 13.8 Å². The zero-order valence-corrected chi connectivity index (χ0v) is 22.0. The minimum atomic E-state index is 0.745. The molecule has 0 spiro atoms. The van der Waals surface area contributed by atoms with Crippen LogP contribution in [0.15, 0.2) is 61.1 Å². The van der Waals surface area contributed by atoms with E-state index in [1.165, 1.54) is 16.7 Å². The Balaban J connectivity index is 0.000000240. The van der Waals surface area contributed by atoms with Crippen molar-refractivity contribution in [2.24, 2.45) is 0 Å². The average molecular weight is 474 g/mol. The Hall–Kier alpha value is -3.29. The highest BCUT2D eigenvalue weighted by atomic mass is 15.3. The number of hydrogen-bond acceptors (Lipinski definition) is 6. The van der Waals surface area contributed by atoms with E-state index in [-0.39, 0.29) is 0 Å². The van der Waals surface area contributed by atoms with Gasteiger partial charge in [-0.3, -0.25) is 0 Å². The van der Waals surface area contributed by atoms with Gasteiger partial charge in [0.05, 0.1) is 11.1 Å². The van der Waals surface area contributed by atoms with E-state index in [9.17, 15) is 0 Å². The number of fused-ring (bicyclic) bond motifs is 1. The molecule has 0 saturated carbocycles. The van der Waals surface area contributed by atoms with Crippen molar-refractivity contribution in [3.05, 3.63) is 77.7 Å². The molecule has 0 amide bonds. The zero-order chi connectivity index (χ0) is 25.2. The molecule has 0 radical (unpaired) electrons. The molecule has 5 rings (SSSR count). The lowest BCUT2D eigenvalue weighted by atomic mass is 10.1. The van der Waals surface area contributed by atoms with Crippen molar-refractivity contribution in [3.63, 3.8) is 0 Å². The Labute approximate surface area is 209 Å². The number of hydrogen-bond donors (Lipinski definition) is 1. The van der Waals surface area contributed by atoms with Crippen molar-refractivity contribution < 1.29 is 0 Å². The molecule has 4 aromatic rings. The van der Waals surface area contributed by atoms with E-state index in [0.29, 0.717) is 0 Å². The highest BCUT2D eigenvalue weighted by Crippen LogP contribution is 2.24. The topological polar surface area (TPSA) is 62.1 Å². The zero-order valence-electron chi connectivity index (χ0n) is 22.0. The summed E-state index contributed by atoms with van der Waals surface area (Å²) >= 11 is 0. The van der Waals surface area contributed by atoms with Crippen molar-refractivity contribution in [2.75, 3.05) is 45.2 Å². The number of likely N-dealkylation sites (N-methyl/N-ethyl adjacent to an activating group) is 1. The third-order valence-corrected chi connectivity index (χ3v) is 5.90. The highest BCUT2D eigenvalue weighted by Gasteiger charge is 2.19. The molecule has 186 valence electrons. The van der Waals surface area contributed by atoms with Crippen LogP contribution in [-0.2, 0) is 6.54 Å². The number of nitrogens with zero attached hydrogens (tertiary/aromatic N) is 6. The molecule has 7 nitrogen and oxygen atoms in total. The fourth-order valence-corrected chi connectivity index (χ4v) is 3.84. The van der Waals surface area contributed by atoms with Crippen molar-refractivity contribution >= 4 is 16.9 Å². The summed E-state index contributed by atoms with van der Waals surface area (Å²) in [4.78, 5) is 13.5. The maximum atomic E-state index is 4.61. The van der Waals surface area contributed by atoms with Gasteiger partial charge >= 0.3 is 0 Å². The summed E-state index contributed by atoms with van der Waals surface area (Å²) in [6.45, 7) is 13.2. The van der Waals surface area contributed by atoms with Crippen LogP contribution in [0.1, 0.15) is 30.5 Å². The first-order valence-corrected chi connectivity index (χ1v) is 12.4. The van der Waals surface area contributed by atoms with Gasteiger partial charge in [-0.05, 0) is 45.6 Å². The normalized spacial score (nSPS) is 13.6. The van der Waals surface area contributed by atoms with Crippen LogP contribution in [-0.4, -0.2) is 64.9 Å². The van der Waals surface area contributed by atoms with Crippen LogP contribution in [0.3, 0.4) is 0 Å². The highest BCUT2D eigenvalue weighted by molar-refractivity contribution is 5.86. The molecule has 1 N–H and O–H groups in total. The monoisotopic (exact) mass is 473 g/mol. The number of nitrogens with one attached hydrogen (secondary N) is 1. The number of anilines is 1. The molecule has 0 unspecified atom stereocenters. The van der Waals surface area contributed by atoms with Crippen LogP contribution in [0.4, 0.5) is 5.82 Å². The van der Waals surface area contributed by atoms with E-state index in [1.54, 1.807) is 6.33 Å². The molecule has 3 heterocycles. The van der Waals surface area contributed by atoms with Crippen LogP contribution in [0.5, 0.6) is 0 Å². The van der Waals surface area contributed by atoms with Gasteiger partial charge in [0.15, 0.2) is 5.65 Å². The van der Waals surface area contributed by atoms with Crippen molar-refractivity contribution in [2.45, 2.75) is 34.2 Å². The van der Waals surface area contributed by atoms with Gasteiger partial charge in [-0.15, -0.1) is 5.10 Å². The molecule has 7 heteroatoms. The Kier molecular flexibility index (Phi) is 9.76. The molecule has 1 saturated heterocycles. The number of benzene rings is 2. The first-order valence-electron chi connectivity index (χ1n) is 12.4. The minimum absolute atomic E-state index is 0.745. The summed E-state index contributed by atoms with van der Waals surface area (Å²) in [7, 11) is 4.11. The third kappa shape index (κ3) is 7.10. The predicted octanol–water partition coefficient (Wildman–Crippen LogP) is 4.62. The molecular formula is C28H39N7. The fraction of sp³-hybridized carbons (Fsp3) is 0.393. The Morgan fingerprint density at radius 1 is 0.829 bits per heavy atom. The van der Waals surface area contributed by atoms with Crippen LogP contribution >= 0.6 is 0 Å². The predicted molar refractivity (Wildman–Crippen MR) is 146 cm³/mol. The fourth-order valence-electron chi connectivity index (χ4n) is 3.84. The minimum Gasteiger partial charge on any atom is -0.353 e. The van der Waals surface area contributed by atoms with Crippen molar-refractivity contribution in [1.29, 1.82) is 0 Å². The summed E-state index contributed by atoms with van der Waals surface area (Å²) < 4.78 is 1.89. The van der Waals surface area contributed by atoms with E-state index < -0.39 is 0 Å². The maximum Gasteiger partial charge on any atom is 0.186 e. The Morgan fingerprint density at radius 2 is 1.43 bits per heavy atom. The number of rotatable bonds is 4. The summed E-state index contributed by atoms with van der Waals surface area (Å²) in [5, 5.41) is 8.73. The molecule has 0 atom stereocenters. The first-order chi connectivity index (χ1) is 17.0. The lowest BCUT2D eigenvalue weighted by molar-refractivity contribution is 0.312. The SMILES string of the molecule is CC.CNCc1ccc(C)cc1.Cc1ccc(-n2cc3c(N4CCN(C)CC4)ncnc3n2)cc1. The number of aromatic nitrogens is 4. The average Bonchev–Trinajstić information content (AvgIpc) is 3.33. The van der Waals surface area contributed by atoms with Crippen molar-refractivity contribution in [1.82, 2.24) is 30.0 Å². The molecule has 1 aliphatic heterocycles.